The van der Waals surface area contributed by atoms with Crippen molar-refractivity contribution in [3.8, 4) is 6.01 Å². The first-order valence-corrected chi connectivity index (χ1v) is 8.67. The molecule has 0 radical (unpaired) electrons. The first-order chi connectivity index (χ1) is 12.4. The van der Waals surface area contributed by atoms with Gasteiger partial charge in [-0.1, -0.05) is 13.8 Å². The third-order valence-corrected chi connectivity index (χ3v) is 4.38. The lowest BCUT2D eigenvalue weighted by molar-refractivity contribution is -0.0511. The minimum Gasteiger partial charge on any atom is -0.463 e. The lowest BCUT2D eigenvalue weighted by Gasteiger charge is -2.16. The van der Waals surface area contributed by atoms with Crippen molar-refractivity contribution in [2.45, 2.75) is 51.2 Å². The van der Waals surface area contributed by atoms with E-state index in [0.29, 0.717) is 23.7 Å². The summed E-state index contributed by atoms with van der Waals surface area (Å²) in [6, 6.07) is 0.118. The maximum Gasteiger partial charge on any atom is 0.320 e. The zero-order valence-electron chi connectivity index (χ0n) is 14.8. The number of aromatic nitrogens is 4. The van der Waals surface area contributed by atoms with Crippen LogP contribution in [0.3, 0.4) is 0 Å². The van der Waals surface area contributed by atoms with E-state index in [1.807, 2.05) is 0 Å². The lowest BCUT2D eigenvalue weighted by Crippen LogP contribution is -2.33. The van der Waals surface area contributed by atoms with Gasteiger partial charge in [0.05, 0.1) is 19.5 Å². The fraction of sp³-hybridized carbons (Fsp3) is 0.688. The molecule has 1 aliphatic heterocycles. The second-order valence-electron chi connectivity index (χ2n) is 6.83. The number of nitrogens with zero attached hydrogens (tertiary/aromatic N) is 4. The number of aliphatic hydroxyl groups excluding tert-OH is 3. The molecule has 2 aromatic rings. The molecule has 1 aliphatic rings. The summed E-state index contributed by atoms with van der Waals surface area (Å²) in [7, 11) is 0. The molecule has 1 unspecified atom stereocenters. The van der Waals surface area contributed by atoms with Gasteiger partial charge in [-0.15, -0.1) is 0 Å². The number of nitrogens with two attached hydrogens (primary N) is 1. The van der Waals surface area contributed by atoms with Gasteiger partial charge in [0.2, 0.25) is 0 Å². The van der Waals surface area contributed by atoms with Crippen LogP contribution in [0.25, 0.3) is 11.2 Å². The largest absolute Gasteiger partial charge is 0.463 e. The third kappa shape index (κ3) is 3.58. The Morgan fingerprint density at radius 2 is 2.08 bits per heavy atom. The average Bonchev–Trinajstić information content (AvgIpc) is 3.14. The molecule has 0 spiro atoms. The number of aliphatic hydroxyl groups is 3. The first-order valence-electron chi connectivity index (χ1n) is 8.67. The van der Waals surface area contributed by atoms with Crippen molar-refractivity contribution in [2.75, 3.05) is 18.9 Å². The highest BCUT2D eigenvalue weighted by Gasteiger charge is 2.44. The molecule has 1 saturated heterocycles. The van der Waals surface area contributed by atoms with Crippen LogP contribution in [0.15, 0.2) is 6.33 Å². The van der Waals surface area contributed by atoms with Gasteiger partial charge in [-0.3, -0.25) is 4.57 Å². The van der Waals surface area contributed by atoms with E-state index in [1.54, 1.807) is 0 Å². The summed E-state index contributed by atoms with van der Waals surface area (Å²) in [5.74, 6) is 0.736. The zero-order chi connectivity index (χ0) is 18.8. The van der Waals surface area contributed by atoms with Crippen molar-refractivity contribution < 1.29 is 24.8 Å². The summed E-state index contributed by atoms with van der Waals surface area (Å²) in [5.41, 5.74) is 6.61. The molecule has 0 amide bonds. The number of hydrogen-bond donors (Lipinski definition) is 4. The van der Waals surface area contributed by atoms with E-state index >= 15 is 0 Å². The quantitative estimate of drug-likeness (QED) is 0.489. The summed E-state index contributed by atoms with van der Waals surface area (Å²) in [5, 5.41) is 29.4. The van der Waals surface area contributed by atoms with Gasteiger partial charge >= 0.3 is 6.01 Å². The molecular formula is C16H25N5O5. The maximum absolute atomic E-state index is 10.2. The zero-order valence-corrected chi connectivity index (χ0v) is 14.8. The molecule has 3 rings (SSSR count). The molecular weight excluding hydrogens is 342 g/mol. The first kappa shape index (κ1) is 18.8. The van der Waals surface area contributed by atoms with Crippen molar-refractivity contribution in [2.24, 2.45) is 5.92 Å². The Morgan fingerprint density at radius 1 is 1.31 bits per heavy atom. The van der Waals surface area contributed by atoms with E-state index in [9.17, 15) is 15.3 Å². The molecule has 144 valence electrons. The molecule has 0 aromatic carbocycles. The Labute approximate surface area is 150 Å². The van der Waals surface area contributed by atoms with Crippen LogP contribution in [0.2, 0.25) is 0 Å². The van der Waals surface area contributed by atoms with Crippen LogP contribution < -0.4 is 10.5 Å². The second kappa shape index (κ2) is 7.70. The van der Waals surface area contributed by atoms with Gasteiger partial charge in [0.25, 0.3) is 0 Å². The third-order valence-electron chi connectivity index (χ3n) is 4.38. The monoisotopic (exact) mass is 367 g/mol. The van der Waals surface area contributed by atoms with E-state index < -0.39 is 31.1 Å². The molecule has 4 atom stereocenters. The number of anilines is 1. The van der Waals surface area contributed by atoms with Crippen LogP contribution in [-0.2, 0) is 4.74 Å². The molecule has 3 heterocycles. The van der Waals surface area contributed by atoms with Crippen LogP contribution in [0.1, 0.15) is 32.9 Å². The number of ether oxygens (including phenoxy) is 2. The normalized spacial score (nSPS) is 26.1. The number of rotatable bonds is 7. The van der Waals surface area contributed by atoms with Crippen molar-refractivity contribution in [3.63, 3.8) is 0 Å². The Morgan fingerprint density at radius 3 is 2.73 bits per heavy atom. The summed E-state index contributed by atoms with van der Waals surface area (Å²) < 4.78 is 12.6. The smallest absolute Gasteiger partial charge is 0.320 e. The summed E-state index contributed by atoms with van der Waals surface area (Å²) in [6.07, 6.45) is -0.998. The number of imidazole rings is 1. The predicted octanol–water partition coefficient (Wildman–Crippen LogP) is -0.165. The van der Waals surface area contributed by atoms with Crippen molar-refractivity contribution in [1.82, 2.24) is 19.5 Å². The Bertz CT molecular complexity index is 752. The minimum absolute atomic E-state index is 0.118. The van der Waals surface area contributed by atoms with E-state index in [1.165, 1.54) is 10.9 Å². The minimum atomic E-state index is -1.24. The summed E-state index contributed by atoms with van der Waals surface area (Å²) >= 11 is 0. The SMILES string of the molecule is CC(C)CCCOc1nc(N)c2ncn(C3O[C@H](CO)[C@@H](O)[C@H]3O)c2n1. The molecule has 10 heteroatoms. The van der Waals surface area contributed by atoms with E-state index in [4.69, 9.17) is 15.2 Å². The predicted molar refractivity (Wildman–Crippen MR) is 92.3 cm³/mol. The Kier molecular flexibility index (Phi) is 5.56. The summed E-state index contributed by atoms with van der Waals surface area (Å²) in [4.78, 5) is 12.6. The van der Waals surface area contributed by atoms with E-state index in [-0.39, 0.29) is 11.8 Å². The van der Waals surface area contributed by atoms with Crippen molar-refractivity contribution >= 4 is 17.0 Å². The molecule has 0 aliphatic carbocycles. The molecule has 0 bridgehead atoms. The molecule has 10 nitrogen and oxygen atoms in total. The van der Waals surface area contributed by atoms with E-state index in [2.05, 4.69) is 28.8 Å². The van der Waals surface area contributed by atoms with Gasteiger partial charge in [-0.05, 0) is 18.8 Å². The fourth-order valence-corrected chi connectivity index (χ4v) is 2.93. The molecule has 26 heavy (non-hydrogen) atoms. The lowest BCUT2D eigenvalue weighted by atomic mass is 10.1. The van der Waals surface area contributed by atoms with Crippen LogP contribution in [-0.4, -0.2) is 66.4 Å². The molecule has 0 saturated carbocycles. The highest BCUT2D eigenvalue weighted by atomic mass is 16.6. The van der Waals surface area contributed by atoms with Gasteiger partial charge < -0.3 is 30.5 Å². The van der Waals surface area contributed by atoms with Crippen LogP contribution >= 0.6 is 0 Å². The summed E-state index contributed by atoms with van der Waals surface area (Å²) in [6.45, 7) is 4.33. The van der Waals surface area contributed by atoms with Gasteiger partial charge in [0.1, 0.15) is 18.3 Å². The number of hydrogen-bond acceptors (Lipinski definition) is 9. The highest BCUT2D eigenvalue weighted by Crippen LogP contribution is 2.32. The number of nitrogen functional groups attached to an aromatic ring is 1. The van der Waals surface area contributed by atoms with Gasteiger partial charge in [0.15, 0.2) is 23.2 Å². The average molecular weight is 367 g/mol. The maximum atomic E-state index is 10.2. The molecule has 1 fully saturated rings. The van der Waals surface area contributed by atoms with Crippen LogP contribution in [0.5, 0.6) is 6.01 Å². The standard InChI is InChI=1S/C16H25N5O5/c1-8(2)4-3-5-25-16-19-13(17)10-14(20-16)21(7-18-10)15-12(24)11(23)9(6-22)26-15/h7-9,11-12,15,22-24H,3-6H2,1-2H3,(H2,17,19,20)/t9-,11-,12-,15?/m1/s1. The topological polar surface area (TPSA) is 149 Å². The van der Waals surface area contributed by atoms with Crippen LogP contribution in [0.4, 0.5) is 5.82 Å². The Hall–Kier alpha value is -2.01. The van der Waals surface area contributed by atoms with Crippen molar-refractivity contribution in [3.05, 3.63) is 6.33 Å². The fourth-order valence-electron chi connectivity index (χ4n) is 2.93. The van der Waals surface area contributed by atoms with Gasteiger partial charge in [0, 0.05) is 0 Å². The van der Waals surface area contributed by atoms with Gasteiger partial charge in [-0.25, -0.2) is 4.98 Å². The molecule has 5 N–H and O–H groups in total. The van der Waals surface area contributed by atoms with Gasteiger partial charge in [-0.2, -0.15) is 9.97 Å². The van der Waals surface area contributed by atoms with Crippen molar-refractivity contribution in [1.29, 1.82) is 0 Å². The van der Waals surface area contributed by atoms with E-state index in [0.717, 1.165) is 12.8 Å². The second-order valence-corrected chi connectivity index (χ2v) is 6.83. The highest BCUT2D eigenvalue weighted by molar-refractivity contribution is 5.82. The Balaban J connectivity index is 1.83. The molecule has 2 aromatic heterocycles. The number of fused-ring (bicyclic) bond motifs is 1. The van der Waals surface area contributed by atoms with Crippen LogP contribution in [0, 0.1) is 5.92 Å².